The molecular formula is C15H21ClN2OS. The summed E-state index contributed by atoms with van der Waals surface area (Å²) in [5.74, 6) is 2.89. The Morgan fingerprint density at radius 3 is 2.85 bits per heavy atom. The molecule has 2 rings (SSSR count). The molecule has 3 nitrogen and oxygen atoms in total. The maximum atomic E-state index is 12.2. The van der Waals surface area contributed by atoms with Crippen molar-refractivity contribution in [3.63, 3.8) is 0 Å². The van der Waals surface area contributed by atoms with Gasteiger partial charge < -0.3 is 5.32 Å². The number of hydrogen-bond donors (Lipinski definition) is 1. The van der Waals surface area contributed by atoms with Crippen molar-refractivity contribution >= 4 is 29.3 Å². The lowest BCUT2D eigenvalue weighted by Gasteiger charge is -2.19. The summed E-state index contributed by atoms with van der Waals surface area (Å²) in [6, 6.07) is 3.47. The summed E-state index contributed by atoms with van der Waals surface area (Å²) in [7, 11) is 0. The fourth-order valence-electron chi connectivity index (χ4n) is 2.10. The smallest absolute Gasteiger partial charge is 0.251 e. The third-order valence-electron chi connectivity index (χ3n) is 3.40. The van der Waals surface area contributed by atoms with Crippen molar-refractivity contribution in [3.05, 3.63) is 28.5 Å². The highest BCUT2D eigenvalue weighted by Gasteiger charge is 2.20. The second kappa shape index (κ2) is 6.35. The number of amides is 1. The molecule has 20 heavy (non-hydrogen) atoms. The number of thioether (sulfide) groups is 1. The number of hydrogen-bond acceptors (Lipinski definition) is 3. The predicted molar refractivity (Wildman–Crippen MR) is 85.7 cm³/mol. The number of nitrogens with zero attached hydrogens (tertiary/aromatic N) is 1. The van der Waals surface area contributed by atoms with Crippen molar-refractivity contribution in [2.75, 3.05) is 18.1 Å². The molecule has 5 heteroatoms. The quantitative estimate of drug-likeness (QED) is 0.868. The topological polar surface area (TPSA) is 42.0 Å². The highest BCUT2D eigenvalue weighted by atomic mass is 35.5. The number of carbonyl (C=O) groups excluding carboxylic acids is 1. The summed E-state index contributed by atoms with van der Waals surface area (Å²) in [5, 5.41) is 3.38. The van der Waals surface area contributed by atoms with Gasteiger partial charge in [-0.1, -0.05) is 32.4 Å². The molecule has 1 fully saturated rings. The Hall–Kier alpha value is -0.740. The van der Waals surface area contributed by atoms with E-state index in [2.05, 4.69) is 31.1 Å². The number of halogens is 1. The zero-order chi connectivity index (χ0) is 14.8. The standard InChI is InChI=1S/C15H21ClN2OS/c1-15(2,3)12-6-11(7-13(16)18-12)14(19)17-8-10-4-5-20-9-10/h6-7,10H,4-5,8-9H2,1-3H3,(H,17,19). The van der Waals surface area contributed by atoms with Gasteiger partial charge in [0.05, 0.1) is 0 Å². The third-order valence-corrected chi connectivity index (χ3v) is 4.83. The zero-order valence-corrected chi connectivity index (χ0v) is 13.8. The van der Waals surface area contributed by atoms with Gasteiger partial charge >= 0.3 is 0 Å². The minimum atomic E-state index is -0.123. The normalized spacial score (nSPS) is 19.1. The molecule has 0 bridgehead atoms. The molecule has 0 aliphatic carbocycles. The Balaban J connectivity index is 2.07. The van der Waals surface area contributed by atoms with Crippen LogP contribution in [0.4, 0.5) is 0 Å². The van der Waals surface area contributed by atoms with Gasteiger partial charge in [0.1, 0.15) is 5.15 Å². The lowest BCUT2D eigenvalue weighted by Crippen LogP contribution is -2.29. The van der Waals surface area contributed by atoms with E-state index >= 15 is 0 Å². The van der Waals surface area contributed by atoms with Gasteiger partial charge in [0.25, 0.3) is 5.91 Å². The molecule has 110 valence electrons. The van der Waals surface area contributed by atoms with Crippen molar-refractivity contribution in [3.8, 4) is 0 Å². The minimum Gasteiger partial charge on any atom is -0.352 e. The first-order valence-electron chi connectivity index (χ1n) is 6.90. The van der Waals surface area contributed by atoms with Gasteiger partial charge in [-0.25, -0.2) is 4.98 Å². The van der Waals surface area contributed by atoms with Gasteiger partial charge in [-0.05, 0) is 36.0 Å². The van der Waals surface area contributed by atoms with E-state index in [1.54, 1.807) is 6.07 Å². The van der Waals surface area contributed by atoms with E-state index in [9.17, 15) is 4.79 Å². The van der Waals surface area contributed by atoms with Crippen LogP contribution in [0.15, 0.2) is 12.1 Å². The van der Waals surface area contributed by atoms with Crippen molar-refractivity contribution in [1.82, 2.24) is 10.3 Å². The van der Waals surface area contributed by atoms with Crippen LogP contribution in [0.5, 0.6) is 0 Å². The first kappa shape index (κ1) is 15.6. The molecule has 1 aliphatic heterocycles. The van der Waals surface area contributed by atoms with Crippen LogP contribution in [-0.2, 0) is 5.41 Å². The van der Waals surface area contributed by atoms with E-state index in [0.29, 0.717) is 16.6 Å². The Morgan fingerprint density at radius 2 is 2.25 bits per heavy atom. The molecular weight excluding hydrogens is 292 g/mol. The summed E-state index contributed by atoms with van der Waals surface area (Å²) in [4.78, 5) is 16.5. The summed E-state index contributed by atoms with van der Waals surface area (Å²) < 4.78 is 0. The maximum absolute atomic E-state index is 12.2. The Morgan fingerprint density at radius 1 is 1.50 bits per heavy atom. The summed E-state index contributed by atoms with van der Waals surface area (Å²) >= 11 is 7.99. The molecule has 0 aromatic carbocycles. The van der Waals surface area contributed by atoms with Gasteiger partial charge in [-0.2, -0.15) is 11.8 Å². The molecule has 0 radical (unpaired) electrons. The number of carbonyl (C=O) groups is 1. The van der Waals surface area contributed by atoms with Crippen molar-refractivity contribution in [2.24, 2.45) is 5.92 Å². The Kier molecular flexibility index (Phi) is 4.97. The van der Waals surface area contributed by atoms with Gasteiger partial charge in [0.15, 0.2) is 0 Å². The second-order valence-electron chi connectivity index (χ2n) is 6.25. The van der Waals surface area contributed by atoms with Crippen LogP contribution in [-0.4, -0.2) is 28.9 Å². The minimum absolute atomic E-state index is 0.0586. The lowest BCUT2D eigenvalue weighted by molar-refractivity contribution is 0.0948. The van der Waals surface area contributed by atoms with Crippen LogP contribution < -0.4 is 5.32 Å². The van der Waals surface area contributed by atoms with Crippen molar-refractivity contribution in [2.45, 2.75) is 32.6 Å². The molecule has 1 aromatic rings. The van der Waals surface area contributed by atoms with Crippen molar-refractivity contribution < 1.29 is 4.79 Å². The average Bonchev–Trinajstić information content (AvgIpc) is 2.87. The predicted octanol–water partition coefficient (Wildman–Crippen LogP) is 3.52. The fraction of sp³-hybridized carbons (Fsp3) is 0.600. The monoisotopic (exact) mass is 312 g/mol. The first-order chi connectivity index (χ1) is 9.36. The molecule has 0 spiro atoms. The number of rotatable bonds is 3. The highest BCUT2D eigenvalue weighted by Crippen LogP contribution is 2.24. The van der Waals surface area contributed by atoms with Crippen LogP contribution in [0, 0.1) is 5.92 Å². The summed E-state index contributed by atoms with van der Waals surface area (Å²) in [6.07, 6.45) is 1.19. The third kappa shape index (κ3) is 4.13. The molecule has 1 unspecified atom stereocenters. The molecule has 1 aliphatic rings. The zero-order valence-electron chi connectivity index (χ0n) is 12.2. The molecule has 0 saturated carbocycles. The van der Waals surface area contributed by atoms with Crippen molar-refractivity contribution in [1.29, 1.82) is 0 Å². The molecule has 1 aromatic heterocycles. The molecule has 1 atom stereocenters. The molecule has 1 amide bonds. The van der Waals surface area contributed by atoms with E-state index in [1.807, 2.05) is 17.8 Å². The van der Waals surface area contributed by atoms with Crippen LogP contribution >= 0.6 is 23.4 Å². The summed E-state index contributed by atoms with van der Waals surface area (Å²) in [6.45, 7) is 6.92. The SMILES string of the molecule is CC(C)(C)c1cc(C(=O)NCC2CCSC2)cc(Cl)n1. The van der Waals surface area contributed by atoms with E-state index in [1.165, 1.54) is 12.2 Å². The second-order valence-corrected chi connectivity index (χ2v) is 7.79. The van der Waals surface area contributed by atoms with Gasteiger partial charge in [0.2, 0.25) is 0 Å². The summed E-state index contributed by atoms with van der Waals surface area (Å²) in [5.41, 5.74) is 1.31. The molecule has 2 heterocycles. The highest BCUT2D eigenvalue weighted by molar-refractivity contribution is 7.99. The van der Waals surface area contributed by atoms with Gasteiger partial charge in [-0.15, -0.1) is 0 Å². The van der Waals surface area contributed by atoms with Crippen LogP contribution in [0.3, 0.4) is 0 Å². The van der Waals surface area contributed by atoms with Gasteiger partial charge in [-0.3, -0.25) is 4.79 Å². The lowest BCUT2D eigenvalue weighted by atomic mass is 9.91. The van der Waals surface area contributed by atoms with E-state index < -0.39 is 0 Å². The van der Waals surface area contributed by atoms with Gasteiger partial charge in [0, 0.05) is 23.2 Å². The first-order valence-corrected chi connectivity index (χ1v) is 8.43. The molecule has 1 saturated heterocycles. The van der Waals surface area contributed by atoms with Crippen LogP contribution in [0.25, 0.3) is 0 Å². The van der Waals surface area contributed by atoms with E-state index in [4.69, 9.17) is 11.6 Å². The number of pyridine rings is 1. The Bertz CT molecular complexity index is 493. The maximum Gasteiger partial charge on any atom is 0.251 e. The van der Waals surface area contributed by atoms with E-state index in [-0.39, 0.29) is 11.3 Å². The van der Waals surface area contributed by atoms with Crippen LogP contribution in [0.1, 0.15) is 43.2 Å². The average molecular weight is 313 g/mol. The molecule has 1 N–H and O–H groups in total. The number of aromatic nitrogens is 1. The van der Waals surface area contributed by atoms with E-state index in [0.717, 1.165) is 18.0 Å². The Labute approximate surface area is 129 Å². The largest absolute Gasteiger partial charge is 0.352 e. The fourth-order valence-corrected chi connectivity index (χ4v) is 3.59. The number of nitrogens with one attached hydrogen (secondary N) is 1. The van der Waals surface area contributed by atoms with Crippen LogP contribution in [0.2, 0.25) is 5.15 Å².